The van der Waals surface area contributed by atoms with Gasteiger partial charge in [0, 0.05) is 13.1 Å². The van der Waals surface area contributed by atoms with Crippen LogP contribution in [-0.4, -0.2) is 56.9 Å². The van der Waals surface area contributed by atoms with Gasteiger partial charge in [-0.2, -0.15) is 0 Å². The minimum absolute atomic E-state index is 0.0803. The van der Waals surface area contributed by atoms with Crippen molar-refractivity contribution in [3.63, 3.8) is 0 Å². The van der Waals surface area contributed by atoms with Crippen LogP contribution in [-0.2, 0) is 14.6 Å². The second kappa shape index (κ2) is 4.94. The van der Waals surface area contributed by atoms with Crippen molar-refractivity contribution in [2.24, 2.45) is 0 Å². The van der Waals surface area contributed by atoms with Gasteiger partial charge in [-0.25, -0.2) is 8.42 Å². The molecule has 88 valence electrons. The van der Waals surface area contributed by atoms with Crippen molar-refractivity contribution in [2.75, 3.05) is 31.6 Å². The summed E-state index contributed by atoms with van der Waals surface area (Å²) < 4.78 is 23.0. The summed E-state index contributed by atoms with van der Waals surface area (Å²) in [5.74, 6) is -0.0974. The molecule has 1 unspecified atom stereocenters. The summed E-state index contributed by atoms with van der Waals surface area (Å²) in [4.78, 5) is 13.5. The molecule has 1 rings (SSSR count). The smallest absolute Gasteiger partial charge is 0.240 e. The highest BCUT2D eigenvalue weighted by atomic mass is 32.2. The normalized spacial score (nSPS) is 26.4. The van der Waals surface area contributed by atoms with E-state index in [1.165, 1.54) is 0 Å². The number of sulfone groups is 1. The number of nitrogens with one attached hydrogen (secondary N) is 1. The van der Waals surface area contributed by atoms with Gasteiger partial charge in [0.15, 0.2) is 9.84 Å². The van der Waals surface area contributed by atoms with E-state index < -0.39 is 15.9 Å². The lowest BCUT2D eigenvalue weighted by atomic mass is 10.2. The van der Waals surface area contributed by atoms with Crippen LogP contribution in [0, 0.1) is 0 Å². The Hall–Kier alpha value is -0.620. The molecule has 6 heteroatoms. The van der Waals surface area contributed by atoms with Crippen LogP contribution < -0.4 is 5.32 Å². The van der Waals surface area contributed by atoms with Crippen LogP contribution in [0.25, 0.3) is 0 Å². The third-order valence-electron chi connectivity index (χ3n) is 2.54. The minimum atomic E-state index is -3.09. The maximum atomic E-state index is 11.9. The van der Waals surface area contributed by atoms with Gasteiger partial charge in [-0.05, 0) is 13.5 Å². The molecule has 1 N–H and O–H groups in total. The molecule has 0 spiro atoms. The highest BCUT2D eigenvalue weighted by Gasteiger charge is 2.31. The molecule has 5 nitrogen and oxygen atoms in total. The number of carbonyl (C=O) groups excluding carboxylic acids is 1. The molecular formula is C9H18N2O3S. The third-order valence-corrected chi connectivity index (χ3v) is 4.19. The molecule has 0 aliphatic carbocycles. The van der Waals surface area contributed by atoms with Crippen molar-refractivity contribution in [1.29, 1.82) is 0 Å². The highest BCUT2D eigenvalue weighted by Crippen LogP contribution is 2.07. The van der Waals surface area contributed by atoms with Gasteiger partial charge in [0.1, 0.15) is 6.04 Å². The van der Waals surface area contributed by atoms with Gasteiger partial charge in [0.2, 0.25) is 5.91 Å². The van der Waals surface area contributed by atoms with Crippen molar-refractivity contribution in [3.8, 4) is 0 Å². The first-order valence-corrected chi connectivity index (χ1v) is 6.98. The molecule has 1 amide bonds. The second-order valence-corrected chi connectivity index (χ2v) is 6.01. The molecule has 1 aliphatic heterocycles. The maximum absolute atomic E-state index is 11.9. The largest absolute Gasteiger partial charge is 0.340 e. The van der Waals surface area contributed by atoms with Crippen molar-refractivity contribution >= 4 is 15.7 Å². The Kier molecular flexibility index (Phi) is 4.10. The van der Waals surface area contributed by atoms with Gasteiger partial charge >= 0.3 is 0 Å². The van der Waals surface area contributed by atoms with E-state index in [0.717, 1.165) is 6.42 Å². The fourth-order valence-corrected chi connectivity index (χ4v) is 3.17. The lowest BCUT2D eigenvalue weighted by molar-refractivity contribution is -0.132. The Morgan fingerprint density at radius 1 is 1.53 bits per heavy atom. The molecule has 1 saturated heterocycles. The Labute approximate surface area is 90.7 Å². The summed E-state index contributed by atoms with van der Waals surface area (Å²) in [7, 11) is -1.47. The van der Waals surface area contributed by atoms with E-state index in [9.17, 15) is 13.2 Å². The van der Waals surface area contributed by atoms with Crippen LogP contribution in [0.5, 0.6) is 0 Å². The molecule has 15 heavy (non-hydrogen) atoms. The molecule has 0 aromatic heterocycles. The SMILES string of the molecule is CCCN1CCS(=O)(=O)CC(NC)C1=O. The lowest BCUT2D eigenvalue weighted by Crippen LogP contribution is -2.46. The maximum Gasteiger partial charge on any atom is 0.240 e. The van der Waals surface area contributed by atoms with Crippen molar-refractivity contribution in [3.05, 3.63) is 0 Å². The monoisotopic (exact) mass is 234 g/mol. The standard InChI is InChI=1S/C9H18N2O3S/c1-3-4-11-5-6-15(13,14)7-8(10-2)9(11)12/h8,10H,3-7H2,1-2H3. The molecule has 0 aromatic rings. The van der Waals surface area contributed by atoms with Crippen LogP contribution in [0.1, 0.15) is 13.3 Å². The number of hydrogen-bond donors (Lipinski definition) is 1. The number of nitrogens with zero attached hydrogens (tertiary/aromatic N) is 1. The Morgan fingerprint density at radius 2 is 2.20 bits per heavy atom. The summed E-state index contributed by atoms with van der Waals surface area (Å²) in [6.45, 7) is 2.93. The Morgan fingerprint density at radius 3 is 2.73 bits per heavy atom. The Bertz CT molecular complexity index is 326. The topological polar surface area (TPSA) is 66.5 Å². The van der Waals surface area contributed by atoms with Gasteiger partial charge in [-0.3, -0.25) is 4.79 Å². The molecule has 1 heterocycles. The van der Waals surface area contributed by atoms with Crippen molar-refractivity contribution in [2.45, 2.75) is 19.4 Å². The predicted molar refractivity (Wildman–Crippen MR) is 58.4 cm³/mol. The van der Waals surface area contributed by atoms with E-state index in [1.54, 1.807) is 11.9 Å². The average Bonchev–Trinajstić information content (AvgIpc) is 2.29. The van der Waals surface area contributed by atoms with E-state index in [2.05, 4.69) is 5.32 Å². The van der Waals surface area contributed by atoms with Crippen molar-refractivity contribution in [1.82, 2.24) is 10.2 Å². The van der Waals surface area contributed by atoms with Crippen molar-refractivity contribution < 1.29 is 13.2 Å². The number of rotatable bonds is 3. The predicted octanol–water partition coefficient (Wildman–Crippen LogP) is -0.759. The number of likely N-dealkylation sites (N-methyl/N-ethyl adjacent to an activating group) is 1. The van der Waals surface area contributed by atoms with E-state index >= 15 is 0 Å². The van der Waals surface area contributed by atoms with Crippen LogP contribution in [0.3, 0.4) is 0 Å². The number of amides is 1. The first kappa shape index (κ1) is 12.4. The number of hydrogen-bond acceptors (Lipinski definition) is 4. The van der Waals surface area contributed by atoms with Crippen LogP contribution in [0.4, 0.5) is 0 Å². The highest BCUT2D eigenvalue weighted by molar-refractivity contribution is 7.91. The molecular weight excluding hydrogens is 216 g/mol. The summed E-state index contributed by atoms with van der Waals surface area (Å²) in [6.07, 6.45) is 0.849. The third kappa shape index (κ3) is 3.17. The summed E-state index contributed by atoms with van der Waals surface area (Å²) in [6, 6.07) is -0.580. The molecule has 0 bridgehead atoms. The first-order chi connectivity index (χ1) is 7.00. The second-order valence-electron chi connectivity index (χ2n) is 3.78. The van der Waals surface area contributed by atoms with Crippen LogP contribution >= 0.6 is 0 Å². The van der Waals surface area contributed by atoms with E-state index in [0.29, 0.717) is 13.1 Å². The van der Waals surface area contributed by atoms with Crippen LogP contribution in [0.15, 0.2) is 0 Å². The molecule has 0 saturated carbocycles. The molecule has 0 aromatic carbocycles. The van der Waals surface area contributed by atoms with Gasteiger partial charge in [-0.15, -0.1) is 0 Å². The lowest BCUT2D eigenvalue weighted by Gasteiger charge is -2.22. The van der Waals surface area contributed by atoms with Gasteiger partial charge in [0.05, 0.1) is 11.5 Å². The zero-order chi connectivity index (χ0) is 11.5. The number of carbonyl (C=O) groups is 1. The zero-order valence-corrected chi connectivity index (χ0v) is 10.0. The van der Waals surface area contributed by atoms with Gasteiger partial charge < -0.3 is 10.2 Å². The summed E-state index contributed by atoms with van der Waals surface area (Å²) in [5.41, 5.74) is 0. The summed E-state index contributed by atoms with van der Waals surface area (Å²) >= 11 is 0. The van der Waals surface area contributed by atoms with E-state index in [-0.39, 0.29) is 17.4 Å². The fraction of sp³-hybridized carbons (Fsp3) is 0.889. The molecule has 1 fully saturated rings. The van der Waals surface area contributed by atoms with Crippen LogP contribution in [0.2, 0.25) is 0 Å². The molecule has 1 atom stereocenters. The van der Waals surface area contributed by atoms with Gasteiger partial charge in [0.25, 0.3) is 0 Å². The molecule has 1 aliphatic rings. The summed E-state index contributed by atoms with van der Waals surface area (Å²) in [5, 5.41) is 2.77. The van der Waals surface area contributed by atoms with E-state index in [1.807, 2.05) is 6.92 Å². The quantitative estimate of drug-likeness (QED) is 0.697. The Balaban J connectivity index is 2.85. The van der Waals surface area contributed by atoms with E-state index in [4.69, 9.17) is 0 Å². The zero-order valence-electron chi connectivity index (χ0n) is 9.19. The minimum Gasteiger partial charge on any atom is -0.340 e. The first-order valence-electron chi connectivity index (χ1n) is 5.16. The average molecular weight is 234 g/mol. The fourth-order valence-electron chi connectivity index (χ4n) is 1.69. The molecule has 0 radical (unpaired) electrons. The van der Waals surface area contributed by atoms with Gasteiger partial charge in [-0.1, -0.05) is 6.92 Å².